The molecule has 0 unspecified atom stereocenters. The van der Waals surface area contributed by atoms with E-state index in [1.165, 1.54) is 36.2 Å². The molecular formula is C26H28F3N5O4S2. The summed E-state index contributed by atoms with van der Waals surface area (Å²) in [4.78, 5) is 36.5. The third-order valence-electron chi connectivity index (χ3n) is 6.02. The molecule has 1 fully saturated rings. The molecule has 0 bridgehead atoms. The number of rotatable bonds is 10. The number of amides is 1. The van der Waals surface area contributed by atoms with Gasteiger partial charge in [0.05, 0.1) is 5.69 Å². The lowest BCUT2D eigenvalue weighted by molar-refractivity contribution is -0.274. The standard InChI is InChI=1S/C26H28F3N5O4S2/c1-3-4-18-6-5-17(13-30-18)14-31-23(35)21-15-33(25-32-16(2)22(39-25)24(36)37)11-12-34(21)40-20-9-7-19(8-10-20)38-26(27,28)29/h5-10,13,21H,3-4,11-12,14-15H2,1-2H3,(H,31,35)(H,36,37)/t21-/m1/s1. The highest BCUT2D eigenvalue weighted by atomic mass is 32.2. The molecule has 4 rings (SSSR count). The van der Waals surface area contributed by atoms with E-state index in [1.54, 1.807) is 13.1 Å². The van der Waals surface area contributed by atoms with Gasteiger partial charge in [0, 0.05) is 43.0 Å². The SMILES string of the molecule is CCCc1ccc(CNC(=O)[C@H]2CN(c3nc(C)c(C(=O)O)s3)CCN2Sc2ccc(OC(F)(F)F)cc2)cn1. The number of carbonyl (C=O) groups is 2. The molecule has 1 aromatic carbocycles. The molecule has 3 aromatic rings. The van der Waals surface area contributed by atoms with E-state index in [0.29, 0.717) is 28.8 Å². The monoisotopic (exact) mass is 595 g/mol. The Hall–Kier alpha value is -3.36. The number of aryl methyl sites for hydroxylation is 2. The number of ether oxygens (including phenoxy) is 1. The topological polar surface area (TPSA) is 108 Å². The van der Waals surface area contributed by atoms with Crippen LogP contribution in [0, 0.1) is 6.92 Å². The molecule has 2 aromatic heterocycles. The van der Waals surface area contributed by atoms with Gasteiger partial charge in [-0.3, -0.25) is 9.78 Å². The quantitative estimate of drug-likeness (QED) is 0.316. The lowest BCUT2D eigenvalue weighted by Crippen LogP contribution is -2.56. The molecule has 14 heteroatoms. The molecule has 0 radical (unpaired) electrons. The van der Waals surface area contributed by atoms with Crippen LogP contribution in [0.15, 0.2) is 47.5 Å². The average Bonchev–Trinajstić information content (AvgIpc) is 3.30. The fourth-order valence-electron chi connectivity index (χ4n) is 4.09. The third kappa shape index (κ3) is 7.86. The summed E-state index contributed by atoms with van der Waals surface area (Å²) in [6, 6.07) is 8.65. The molecule has 1 saturated heterocycles. The van der Waals surface area contributed by atoms with Crippen LogP contribution in [-0.2, 0) is 17.8 Å². The van der Waals surface area contributed by atoms with Gasteiger partial charge in [-0.1, -0.05) is 30.7 Å². The van der Waals surface area contributed by atoms with Crippen LogP contribution < -0.4 is 15.0 Å². The van der Waals surface area contributed by atoms with Gasteiger partial charge in [-0.05, 0) is 61.2 Å². The normalized spacial score (nSPS) is 16.1. The predicted molar refractivity (Wildman–Crippen MR) is 146 cm³/mol. The summed E-state index contributed by atoms with van der Waals surface area (Å²) < 4.78 is 43.4. The first-order chi connectivity index (χ1) is 19.0. The average molecular weight is 596 g/mol. The van der Waals surface area contributed by atoms with Crippen molar-refractivity contribution in [1.29, 1.82) is 0 Å². The summed E-state index contributed by atoms with van der Waals surface area (Å²) in [5.74, 6) is -1.64. The highest BCUT2D eigenvalue weighted by Crippen LogP contribution is 2.33. The van der Waals surface area contributed by atoms with Crippen molar-refractivity contribution in [1.82, 2.24) is 19.6 Å². The Labute approximate surface area is 237 Å². The lowest BCUT2D eigenvalue weighted by atomic mass is 10.2. The molecule has 0 saturated carbocycles. The van der Waals surface area contributed by atoms with Crippen LogP contribution in [0.4, 0.5) is 18.3 Å². The minimum absolute atomic E-state index is 0.146. The van der Waals surface area contributed by atoms with Crippen molar-refractivity contribution in [2.24, 2.45) is 0 Å². The fraction of sp³-hybridized carbons (Fsp3) is 0.385. The number of carboxylic acid groups (broad SMARTS) is 1. The van der Waals surface area contributed by atoms with Crippen molar-refractivity contribution in [3.63, 3.8) is 0 Å². The number of nitrogens with one attached hydrogen (secondary N) is 1. The summed E-state index contributed by atoms with van der Waals surface area (Å²) in [5, 5.41) is 12.9. The number of aromatic nitrogens is 2. The molecular weight excluding hydrogens is 567 g/mol. The van der Waals surface area contributed by atoms with E-state index in [0.717, 1.165) is 35.4 Å². The predicted octanol–water partition coefficient (Wildman–Crippen LogP) is 4.91. The van der Waals surface area contributed by atoms with Gasteiger partial charge in [0.2, 0.25) is 5.91 Å². The molecule has 0 spiro atoms. The second-order valence-electron chi connectivity index (χ2n) is 9.05. The Morgan fingerprint density at radius 1 is 1.20 bits per heavy atom. The Balaban J connectivity index is 1.49. The van der Waals surface area contributed by atoms with Crippen LogP contribution in [0.1, 0.15) is 40.0 Å². The van der Waals surface area contributed by atoms with Gasteiger partial charge in [-0.2, -0.15) is 0 Å². The zero-order valence-electron chi connectivity index (χ0n) is 21.8. The molecule has 2 N–H and O–H groups in total. The molecule has 214 valence electrons. The zero-order chi connectivity index (χ0) is 28.9. The second kappa shape index (κ2) is 12.9. The Kier molecular flexibility index (Phi) is 9.53. The van der Waals surface area contributed by atoms with Crippen LogP contribution in [0.5, 0.6) is 5.75 Å². The minimum Gasteiger partial charge on any atom is -0.477 e. The molecule has 1 amide bonds. The van der Waals surface area contributed by atoms with Gasteiger partial charge in [-0.15, -0.1) is 13.2 Å². The largest absolute Gasteiger partial charge is 0.573 e. The molecule has 40 heavy (non-hydrogen) atoms. The van der Waals surface area contributed by atoms with E-state index in [9.17, 15) is 27.9 Å². The number of hydrogen-bond donors (Lipinski definition) is 2. The van der Waals surface area contributed by atoms with Gasteiger partial charge >= 0.3 is 12.3 Å². The number of thiazole rings is 1. The number of halogens is 3. The van der Waals surface area contributed by atoms with Gasteiger partial charge < -0.3 is 20.1 Å². The lowest BCUT2D eigenvalue weighted by Gasteiger charge is -2.39. The maximum Gasteiger partial charge on any atom is 0.573 e. The summed E-state index contributed by atoms with van der Waals surface area (Å²) in [7, 11) is 0. The fourth-order valence-corrected chi connectivity index (χ4v) is 6.02. The number of benzene rings is 1. The molecule has 3 heterocycles. The van der Waals surface area contributed by atoms with Gasteiger partial charge in [-0.25, -0.2) is 14.1 Å². The summed E-state index contributed by atoms with van der Waals surface area (Å²) in [6.45, 7) is 5.11. The second-order valence-corrected chi connectivity index (χ2v) is 11.2. The maximum absolute atomic E-state index is 13.4. The van der Waals surface area contributed by atoms with E-state index in [-0.39, 0.29) is 29.6 Å². The number of nitrogens with zero attached hydrogens (tertiary/aromatic N) is 4. The first-order valence-corrected chi connectivity index (χ1v) is 14.1. The highest BCUT2D eigenvalue weighted by molar-refractivity contribution is 7.97. The highest BCUT2D eigenvalue weighted by Gasteiger charge is 2.35. The van der Waals surface area contributed by atoms with Crippen LogP contribution in [-0.4, -0.2) is 63.3 Å². The number of piperazine rings is 1. The smallest absolute Gasteiger partial charge is 0.477 e. The Morgan fingerprint density at radius 3 is 2.55 bits per heavy atom. The Morgan fingerprint density at radius 2 is 1.95 bits per heavy atom. The number of carbonyl (C=O) groups excluding carboxylic acids is 1. The summed E-state index contributed by atoms with van der Waals surface area (Å²) >= 11 is 2.31. The van der Waals surface area contributed by atoms with Crippen LogP contribution in [0.25, 0.3) is 0 Å². The zero-order valence-corrected chi connectivity index (χ0v) is 23.4. The summed E-state index contributed by atoms with van der Waals surface area (Å²) in [5.41, 5.74) is 2.24. The molecule has 1 aliphatic rings. The van der Waals surface area contributed by atoms with E-state index in [1.807, 2.05) is 21.3 Å². The van der Waals surface area contributed by atoms with Gasteiger partial charge in [0.1, 0.15) is 16.7 Å². The van der Waals surface area contributed by atoms with Crippen molar-refractivity contribution < 1.29 is 32.6 Å². The van der Waals surface area contributed by atoms with Crippen LogP contribution in [0.2, 0.25) is 0 Å². The van der Waals surface area contributed by atoms with Crippen molar-refractivity contribution in [3.8, 4) is 5.75 Å². The maximum atomic E-state index is 13.4. The van der Waals surface area contributed by atoms with E-state index in [2.05, 4.69) is 26.9 Å². The van der Waals surface area contributed by atoms with Gasteiger partial charge in [0.25, 0.3) is 0 Å². The van der Waals surface area contributed by atoms with E-state index < -0.39 is 18.4 Å². The van der Waals surface area contributed by atoms with Crippen molar-refractivity contribution >= 4 is 40.3 Å². The number of hydrogen-bond acceptors (Lipinski definition) is 9. The van der Waals surface area contributed by atoms with Crippen molar-refractivity contribution in [2.75, 3.05) is 24.5 Å². The Bertz CT molecular complexity index is 1320. The molecule has 1 atom stereocenters. The van der Waals surface area contributed by atoms with Gasteiger partial charge in [0.15, 0.2) is 5.13 Å². The number of pyridine rings is 1. The molecule has 0 aliphatic carbocycles. The van der Waals surface area contributed by atoms with E-state index in [4.69, 9.17) is 0 Å². The number of anilines is 1. The first-order valence-electron chi connectivity index (χ1n) is 12.5. The first kappa shape index (κ1) is 29.6. The van der Waals surface area contributed by atoms with Crippen LogP contribution >= 0.6 is 23.3 Å². The van der Waals surface area contributed by atoms with Crippen LogP contribution in [0.3, 0.4) is 0 Å². The molecule has 1 aliphatic heterocycles. The van der Waals surface area contributed by atoms with Crippen molar-refractivity contribution in [2.45, 2.75) is 50.5 Å². The van der Waals surface area contributed by atoms with E-state index >= 15 is 0 Å². The number of carboxylic acids is 1. The van der Waals surface area contributed by atoms with Crippen molar-refractivity contribution in [3.05, 3.63) is 64.4 Å². The number of alkyl halides is 3. The number of aromatic carboxylic acids is 1. The molecule has 9 nitrogen and oxygen atoms in total. The third-order valence-corrected chi connectivity index (χ3v) is 8.38. The minimum atomic E-state index is -4.78. The summed E-state index contributed by atoms with van der Waals surface area (Å²) in [6.07, 6.45) is -1.19.